The minimum atomic E-state index is -0.529. The summed E-state index contributed by atoms with van der Waals surface area (Å²) >= 11 is 3.45. The monoisotopic (exact) mass is 325 g/mol. The van der Waals surface area contributed by atoms with Gasteiger partial charge < -0.3 is 9.47 Å². The first-order valence-electron chi connectivity index (χ1n) is 5.90. The average Bonchev–Trinajstić information content (AvgIpc) is 2.73. The minimum Gasteiger partial charge on any atom is -0.496 e. The lowest BCUT2D eigenvalue weighted by molar-refractivity contribution is 0.0544. The van der Waals surface area contributed by atoms with Crippen molar-refractivity contribution in [2.24, 2.45) is 0 Å². The Bertz CT molecular complexity index is 625. The molecule has 0 aliphatic heterocycles. The minimum absolute atomic E-state index is 0.406. The van der Waals surface area contributed by atoms with E-state index in [0.29, 0.717) is 0 Å². The number of hydrogen-bond donors (Lipinski definition) is 0. The molecule has 0 spiro atoms. The van der Waals surface area contributed by atoms with E-state index in [9.17, 15) is 4.79 Å². The zero-order valence-electron chi connectivity index (χ0n) is 11.4. The molecule has 0 unspecified atom stereocenters. The normalized spacial score (nSPS) is 11.6. The van der Waals surface area contributed by atoms with Gasteiger partial charge in [0.2, 0.25) is 0 Å². The van der Waals surface area contributed by atoms with E-state index in [1.807, 2.05) is 39.0 Å². The summed E-state index contributed by atoms with van der Waals surface area (Å²) in [6, 6.07) is 5.54. The molecule has 0 aliphatic rings. The number of carbonyl (C=O) groups is 1. The summed E-state index contributed by atoms with van der Waals surface area (Å²) in [5.41, 5.74) is 0.215. The Morgan fingerprint density at radius 3 is 2.53 bits per heavy atom. The number of aromatic nitrogens is 1. The molecule has 102 valence electrons. The van der Waals surface area contributed by atoms with E-state index in [0.717, 1.165) is 21.1 Å². The van der Waals surface area contributed by atoms with Gasteiger partial charge in [0.25, 0.3) is 0 Å². The first kappa shape index (κ1) is 13.9. The fraction of sp³-hybridized carbons (Fsp3) is 0.357. The van der Waals surface area contributed by atoms with Crippen LogP contribution in [0.3, 0.4) is 0 Å². The van der Waals surface area contributed by atoms with E-state index < -0.39 is 11.7 Å². The summed E-state index contributed by atoms with van der Waals surface area (Å²) in [6.45, 7) is 5.52. The third kappa shape index (κ3) is 2.76. The number of methoxy groups -OCH3 is 1. The number of rotatable bonds is 1. The summed E-state index contributed by atoms with van der Waals surface area (Å²) in [4.78, 5) is 12.2. The molecule has 1 heterocycles. The maximum absolute atomic E-state index is 12.2. The first-order valence-corrected chi connectivity index (χ1v) is 6.69. The van der Waals surface area contributed by atoms with Crippen LogP contribution in [0.15, 0.2) is 28.9 Å². The topological polar surface area (TPSA) is 40.5 Å². The van der Waals surface area contributed by atoms with Crippen LogP contribution in [0.1, 0.15) is 20.8 Å². The highest BCUT2D eigenvalue weighted by Gasteiger charge is 2.20. The fourth-order valence-electron chi connectivity index (χ4n) is 1.83. The largest absolute Gasteiger partial charge is 0.496 e. The molecule has 0 amide bonds. The molecule has 0 saturated carbocycles. The van der Waals surface area contributed by atoms with E-state index >= 15 is 0 Å². The van der Waals surface area contributed by atoms with Gasteiger partial charge in [-0.1, -0.05) is 0 Å². The van der Waals surface area contributed by atoms with Crippen molar-refractivity contribution in [1.29, 1.82) is 0 Å². The van der Waals surface area contributed by atoms with Gasteiger partial charge in [-0.05, 0) is 54.9 Å². The molecule has 2 rings (SSSR count). The first-order chi connectivity index (χ1) is 8.83. The van der Waals surface area contributed by atoms with Crippen molar-refractivity contribution >= 4 is 32.9 Å². The van der Waals surface area contributed by atoms with Crippen LogP contribution in [0.4, 0.5) is 4.79 Å². The number of nitrogens with zero attached hydrogens (tertiary/aromatic N) is 1. The molecular weight excluding hydrogens is 310 g/mol. The predicted molar refractivity (Wildman–Crippen MR) is 77.8 cm³/mol. The van der Waals surface area contributed by atoms with Crippen molar-refractivity contribution < 1.29 is 14.3 Å². The summed E-state index contributed by atoms with van der Waals surface area (Å²) < 4.78 is 13.0. The van der Waals surface area contributed by atoms with Gasteiger partial charge in [-0.15, -0.1) is 0 Å². The Hall–Kier alpha value is -1.49. The van der Waals surface area contributed by atoms with Crippen LogP contribution in [0.25, 0.3) is 10.9 Å². The zero-order chi connectivity index (χ0) is 14.2. The van der Waals surface area contributed by atoms with Crippen LogP contribution < -0.4 is 4.74 Å². The summed E-state index contributed by atoms with van der Waals surface area (Å²) in [6.07, 6.45) is 1.28. The van der Waals surface area contributed by atoms with E-state index in [1.54, 1.807) is 13.3 Å². The van der Waals surface area contributed by atoms with Crippen LogP contribution >= 0.6 is 15.9 Å². The van der Waals surface area contributed by atoms with Gasteiger partial charge >= 0.3 is 6.09 Å². The lowest BCUT2D eigenvalue weighted by atomic mass is 10.2. The Balaban J connectivity index is 2.54. The molecule has 0 N–H and O–H groups in total. The van der Waals surface area contributed by atoms with Gasteiger partial charge in [0.15, 0.2) is 0 Å². The molecule has 0 aliphatic carbocycles. The van der Waals surface area contributed by atoms with Crippen LogP contribution in [-0.2, 0) is 4.74 Å². The summed E-state index contributed by atoms with van der Waals surface area (Å²) in [5.74, 6) is 0.723. The molecule has 5 heteroatoms. The molecular formula is C14H16BrNO3. The molecule has 19 heavy (non-hydrogen) atoms. The van der Waals surface area contributed by atoms with Crippen LogP contribution in [0.5, 0.6) is 5.75 Å². The van der Waals surface area contributed by atoms with Crippen molar-refractivity contribution in [2.45, 2.75) is 26.4 Å². The van der Waals surface area contributed by atoms with Gasteiger partial charge in [-0.3, -0.25) is 4.57 Å². The number of carbonyl (C=O) groups excluding carboxylic acids is 1. The number of fused-ring (bicyclic) bond motifs is 1. The van der Waals surface area contributed by atoms with Crippen molar-refractivity contribution in [1.82, 2.24) is 4.57 Å². The Labute approximate surface area is 120 Å². The number of benzene rings is 1. The molecule has 1 aromatic heterocycles. The van der Waals surface area contributed by atoms with Gasteiger partial charge in [-0.2, -0.15) is 0 Å². The van der Waals surface area contributed by atoms with E-state index in [-0.39, 0.29) is 0 Å². The van der Waals surface area contributed by atoms with Gasteiger partial charge in [0.05, 0.1) is 12.6 Å². The quantitative estimate of drug-likeness (QED) is 0.789. The van der Waals surface area contributed by atoms with E-state index in [4.69, 9.17) is 9.47 Å². The van der Waals surface area contributed by atoms with E-state index in [2.05, 4.69) is 15.9 Å². The SMILES string of the molecule is COc1ccc(Br)c2c1ccn2C(=O)OC(C)(C)C. The van der Waals surface area contributed by atoms with Gasteiger partial charge in [0, 0.05) is 16.1 Å². The number of hydrogen-bond acceptors (Lipinski definition) is 3. The Kier molecular flexibility index (Phi) is 3.58. The second kappa shape index (κ2) is 4.89. The maximum atomic E-state index is 12.2. The zero-order valence-corrected chi connectivity index (χ0v) is 12.9. The van der Waals surface area contributed by atoms with Crippen molar-refractivity contribution in [3.63, 3.8) is 0 Å². The molecule has 1 aromatic carbocycles. The predicted octanol–water partition coefficient (Wildman–Crippen LogP) is 4.20. The number of halogens is 1. The molecule has 2 aromatic rings. The lowest BCUT2D eigenvalue weighted by Gasteiger charge is -2.20. The number of ether oxygens (including phenoxy) is 2. The van der Waals surface area contributed by atoms with Gasteiger partial charge in [-0.25, -0.2) is 4.79 Å². The second-order valence-electron chi connectivity index (χ2n) is 5.18. The van der Waals surface area contributed by atoms with Crippen LogP contribution in [-0.4, -0.2) is 23.4 Å². The average molecular weight is 326 g/mol. The van der Waals surface area contributed by atoms with Crippen molar-refractivity contribution in [2.75, 3.05) is 7.11 Å². The van der Waals surface area contributed by atoms with Gasteiger partial charge in [0.1, 0.15) is 11.4 Å². The van der Waals surface area contributed by atoms with Crippen molar-refractivity contribution in [3.8, 4) is 5.75 Å². The maximum Gasteiger partial charge on any atom is 0.419 e. The smallest absolute Gasteiger partial charge is 0.419 e. The van der Waals surface area contributed by atoms with Crippen LogP contribution in [0.2, 0.25) is 0 Å². The molecule has 0 saturated heterocycles. The molecule has 4 nitrogen and oxygen atoms in total. The van der Waals surface area contributed by atoms with Crippen LogP contribution in [0, 0.1) is 0 Å². The molecule has 0 atom stereocenters. The summed E-state index contributed by atoms with van der Waals surface area (Å²) in [5, 5.41) is 0.864. The highest BCUT2D eigenvalue weighted by molar-refractivity contribution is 9.10. The highest BCUT2D eigenvalue weighted by Crippen LogP contribution is 2.32. The van der Waals surface area contributed by atoms with Crippen molar-refractivity contribution in [3.05, 3.63) is 28.9 Å². The lowest BCUT2D eigenvalue weighted by Crippen LogP contribution is -2.26. The second-order valence-corrected chi connectivity index (χ2v) is 6.03. The standard InChI is InChI=1S/C14H16BrNO3/c1-14(2,3)19-13(17)16-8-7-9-11(18-4)6-5-10(15)12(9)16/h5-8H,1-4H3. The third-order valence-corrected chi connectivity index (χ3v) is 3.21. The third-order valence-electron chi connectivity index (χ3n) is 2.57. The molecule has 0 radical (unpaired) electrons. The Morgan fingerprint density at radius 2 is 1.95 bits per heavy atom. The molecule has 0 fully saturated rings. The van der Waals surface area contributed by atoms with E-state index in [1.165, 1.54) is 4.57 Å². The highest BCUT2D eigenvalue weighted by atomic mass is 79.9. The Morgan fingerprint density at radius 1 is 1.26 bits per heavy atom. The fourth-order valence-corrected chi connectivity index (χ4v) is 2.37. The molecule has 0 bridgehead atoms. The summed E-state index contributed by atoms with van der Waals surface area (Å²) in [7, 11) is 1.60.